The molecule has 0 radical (unpaired) electrons. The Morgan fingerprint density at radius 1 is 0.980 bits per heavy atom. The van der Waals surface area contributed by atoms with Crippen LogP contribution in [0.15, 0.2) is 54.6 Å². The number of carboxylic acids is 1. The topological polar surface area (TPSA) is 133 Å². The molecule has 2 N–H and O–H groups in total. The van der Waals surface area contributed by atoms with E-state index in [2.05, 4.69) is 5.32 Å². The van der Waals surface area contributed by atoms with Gasteiger partial charge in [-0.15, -0.1) is 0 Å². The van der Waals surface area contributed by atoms with Gasteiger partial charge in [-0.3, -0.25) is 19.7 Å². The summed E-state index contributed by atoms with van der Waals surface area (Å²) in [7, 11) is 0. The predicted octanol–water partition coefficient (Wildman–Crippen LogP) is 8.25. The predicted molar refractivity (Wildman–Crippen MR) is 187 cm³/mol. The summed E-state index contributed by atoms with van der Waals surface area (Å²) >= 11 is 13.2. The first kappa shape index (κ1) is 34.4. The molecule has 2 aliphatic carbocycles. The Kier molecular flexibility index (Phi) is 9.11. The van der Waals surface area contributed by atoms with Crippen LogP contribution in [0.5, 0.6) is 0 Å². The van der Waals surface area contributed by atoms with Crippen LogP contribution in [0.2, 0.25) is 10.0 Å². The van der Waals surface area contributed by atoms with Crippen LogP contribution in [-0.4, -0.2) is 51.0 Å². The maximum absolute atomic E-state index is 15.9. The third kappa shape index (κ3) is 5.45. The van der Waals surface area contributed by atoms with E-state index < -0.39 is 51.6 Å². The number of carbonyl (C=O) groups excluding carboxylic acids is 2. The SMILES string of the molecule is O=C(O)C1CCC(N(Cc2ccc([N+](=O)[O-])cc2)C(=O)N2C(=O)C3(CCNC34CCCCC4)c3c2ccc(Cl)c3-c2cccc(Cl)c2F)CC1. The number of anilines is 1. The van der Waals surface area contributed by atoms with E-state index in [4.69, 9.17) is 23.2 Å². The molecule has 3 amide bonds. The number of nitro groups is 1. The first-order valence-corrected chi connectivity index (χ1v) is 17.9. The summed E-state index contributed by atoms with van der Waals surface area (Å²) in [6, 6.07) is 12.8. The second-order valence-corrected chi connectivity index (χ2v) is 14.8. The molecule has 0 bridgehead atoms. The lowest BCUT2D eigenvalue weighted by atomic mass is 9.60. The van der Waals surface area contributed by atoms with Crippen LogP contribution < -0.4 is 10.2 Å². The van der Waals surface area contributed by atoms with Crippen molar-refractivity contribution in [3.05, 3.63) is 91.7 Å². The van der Waals surface area contributed by atoms with Crippen LogP contribution in [-0.2, 0) is 21.5 Å². The van der Waals surface area contributed by atoms with Gasteiger partial charge in [0.2, 0.25) is 5.91 Å². The number of amides is 3. The number of benzene rings is 3. The zero-order valence-electron chi connectivity index (χ0n) is 27.3. The molecule has 13 heteroatoms. The van der Waals surface area contributed by atoms with Gasteiger partial charge in [-0.1, -0.05) is 66.7 Å². The molecule has 7 rings (SSSR count). The minimum absolute atomic E-state index is 0.0398. The molecule has 50 heavy (non-hydrogen) atoms. The van der Waals surface area contributed by atoms with Gasteiger partial charge in [-0.05, 0) is 75.3 Å². The van der Waals surface area contributed by atoms with Crippen molar-refractivity contribution in [3.63, 3.8) is 0 Å². The lowest BCUT2D eigenvalue weighted by Gasteiger charge is -2.46. The monoisotopic (exact) mass is 722 g/mol. The number of urea groups is 1. The summed E-state index contributed by atoms with van der Waals surface area (Å²) in [5.74, 6) is -2.49. The van der Waals surface area contributed by atoms with Crippen molar-refractivity contribution in [1.29, 1.82) is 0 Å². The van der Waals surface area contributed by atoms with Gasteiger partial charge < -0.3 is 15.3 Å². The molecule has 3 fully saturated rings. The van der Waals surface area contributed by atoms with Crippen molar-refractivity contribution in [3.8, 4) is 11.1 Å². The fourth-order valence-electron chi connectivity index (χ4n) is 9.09. The Labute approximate surface area is 298 Å². The van der Waals surface area contributed by atoms with E-state index in [1.54, 1.807) is 41.3 Å². The molecule has 10 nitrogen and oxygen atoms in total. The molecule has 3 aromatic rings. The number of non-ortho nitro benzene ring substituents is 1. The van der Waals surface area contributed by atoms with E-state index in [1.165, 1.54) is 23.1 Å². The van der Waals surface area contributed by atoms with Crippen LogP contribution in [0.1, 0.15) is 75.3 Å². The largest absolute Gasteiger partial charge is 0.481 e. The van der Waals surface area contributed by atoms with Gasteiger partial charge in [0.05, 0.1) is 27.0 Å². The van der Waals surface area contributed by atoms with Gasteiger partial charge in [-0.25, -0.2) is 14.1 Å². The highest BCUT2D eigenvalue weighted by atomic mass is 35.5. The molecule has 1 unspecified atom stereocenters. The zero-order chi connectivity index (χ0) is 35.4. The minimum Gasteiger partial charge on any atom is -0.481 e. The number of carboxylic acid groups (broad SMARTS) is 1. The smallest absolute Gasteiger partial charge is 0.331 e. The number of rotatable bonds is 6. The number of hydrogen-bond acceptors (Lipinski definition) is 6. The number of aliphatic carboxylic acids is 1. The van der Waals surface area contributed by atoms with E-state index in [-0.39, 0.29) is 27.8 Å². The molecule has 262 valence electrons. The van der Waals surface area contributed by atoms with Crippen molar-refractivity contribution in [2.75, 3.05) is 11.4 Å². The average Bonchev–Trinajstić information content (AvgIpc) is 3.59. The van der Waals surface area contributed by atoms with Crippen molar-refractivity contribution in [2.24, 2.45) is 5.92 Å². The van der Waals surface area contributed by atoms with E-state index in [0.29, 0.717) is 73.9 Å². The van der Waals surface area contributed by atoms with Gasteiger partial charge in [0.15, 0.2) is 0 Å². The quantitative estimate of drug-likeness (QED) is 0.193. The molecule has 3 aromatic carbocycles. The summed E-state index contributed by atoms with van der Waals surface area (Å²) < 4.78 is 15.9. The minimum atomic E-state index is -1.23. The number of halogens is 3. The fourth-order valence-corrected chi connectivity index (χ4v) is 9.53. The summed E-state index contributed by atoms with van der Waals surface area (Å²) in [4.78, 5) is 56.0. The highest BCUT2D eigenvalue weighted by molar-refractivity contribution is 6.35. The van der Waals surface area contributed by atoms with Crippen LogP contribution in [0.3, 0.4) is 0 Å². The Morgan fingerprint density at radius 2 is 1.68 bits per heavy atom. The van der Waals surface area contributed by atoms with Gasteiger partial charge in [-0.2, -0.15) is 0 Å². The van der Waals surface area contributed by atoms with Gasteiger partial charge in [0.1, 0.15) is 5.82 Å². The Hall–Kier alpha value is -4.06. The van der Waals surface area contributed by atoms with E-state index >= 15 is 14.0 Å². The maximum Gasteiger partial charge on any atom is 0.331 e. The van der Waals surface area contributed by atoms with Gasteiger partial charge >= 0.3 is 12.0 Å². The van der Waals surface area contributed by atoms with Crippen LogP contribution in [0, 0.1) is 21.8 Å². The van der Waals surface area contributed by atoms with Crippen LogP contribution >= 0.6 is 23.2 Å². The number of hydrogen-bond donors (Lipinski definition) is 2. The highest BCUT2D eigenvalue weighted by Crippen LogP contribution is 2.60. The Morgan fingerprint density at radius 3 is 2.34 bits per heavy atom. The lowest BCUT2D eigenvalue weighted by Crippen LogP contribution is -2.61. The molecule has 0 aromatic heterocycles. The highest BCUT2D eigenvalue weighted by Gasteiger charge is 2.67. The molecule has 4 aliphatic rings. The van der Waals surface area contributed by atoms with Crippen molar-refractivity contribution in [1.82, 2.24) is 10.2 Å². The Balaban J connectivity index is 1.39. The second-order valence-electron chi connectivity index (χ2n) is 14.0. The number of nitro benzene ring substituents is 1. The third-order valence-electron chi connectivity index (χ3n) is 11.5. The van der Waals surface area contributed by atoms with E-state index in [9.17, 15) is 20.0 Å². The summed E-state index contributed by atoms with van der Waals surface area (Å²) in [5.41, 5.74) is -0.0600. The summed E-state index contributed by atoms with van der Waals surface area (Å²) in [6.45, 7) is 0.557. The molecule has 1 saturated heterocycles. The zero-order valence-corrected chi connectivity index (χ0v) is 28.8. The van der Waals surface area contributed by atoms with Crippen molar-refractivity contribution < 1.29 is 28.8 Å². The van der Waals surface area contributed by atoms with Gasteiger partial charge in [0, 0.05) is 52.0 Å². The van der Waals surface area contributed by atoms with E-state index in [1.807, 2.05) is 0 Å². The van der Waals surface area contributed by atoms with E-state index in [0.717, 1.165) is 19.3 Å². The fraction of sp³-hybridized carbons (Fsp3) is 0.432. The third-order valence-corrected chi connectivity index (χ3v) is 12.1. The lowest BCUT2D eigenvalue weighted by molar-refractivity contribution is -0.384. The molecule has 2 spiro atoms. The van der Waals surface area contributed by atoms with Crippen LogP contribution in [0.25, 0.3) is 11.1 Å². The molecular weight excluding hydrogens is 686 g/mol. The molecule has 1 atom stereocenters. The maximum atomic E-state index is 15.9. The average molecular weight is 724 g/mol. The summed E-state index contributed by atoms with van der Waals surface area (Å²) in [5, 5.41) is 24.8. The molecule has 2 heterocycles. The molecule has 2 saturated carbocycles. The number of carbonyl (C=O) groups is 3. The number of nitrogens with one attached hydrogen (secondary N) is 1. The first-order valence-electron chi connectivity index (χ1n) is 17.1. The number of fused-ring (bicyclic) bond motifs is 3. The summed E-state index contributed by atoms with van der Waals surface area (Å²) in [6.07, 6.45) is 6.06. The number of imide groups is 1. The normalized spacial score (nSPS) is 24.1. The first-order chi connectivity index (χ1) is 24.0. The second kappa shape index (κ2) is 13.2. The molecule has 2 aliphatic heterocycles. The van der Waals surface area contributed by atoms with Crippen molar-refractivity contribution >= 4 is 52.5 Å². The number of nitrogens with zero attached hydrogens (tertiary/aromatic N) is 3. The van der Waals surface area contributed by atoms with Gasteiger partial charge in [0.25, 0.3) is 5.69 Å². The standard InChI is InChI=1S/C37H37Cl2FN4O6/c38-27-15-16-29-31(30(27)26-5-4-6-28(39)32(26)40)37(19-20-41-36(37)17-2-1-3-18-36)34(47)43(29)35(48)42(24-13-9-23(10-14-24)33(45)46)21-22-7-11-25(12-8-22)44(49)50/h4-8,11-12,15-16,23-24,41H,1-3,9-10,13-14,17-21H2,(H,45,46). The Bertz CT molecular complexity index is 1880. The van der Waals surface area contributed by atoms with Crippen LogP contribution in [0.4, 0.5) is 20.6 Å². The molecular formula is C37H37Cl2FN4O6. The van der Waals surface area contributed by atoms with Crippen molar-refractivity contribution in [2.45, 2.75) is 87.7 Å².